The minimum absolute atomic E-state index is 0.0604. The Morgan fingerprint density at radius 2 is 1.56 bits per heavy atom. The van der Waals surface area contributed by atoms with E-state index in [1.54, 1.807) is 18.2 Å². The van der Waals surface area contributed by atoms with Crippen LogP contribution in [0.2, 0.25) is 36.3 Å². The van der Waals surface area contributed by atoms with Crippen molar-refractivity contribution in [1.29, 1.82) is 0 Å². The van der Waals surface area contributed by atoms with E-state index < -0.39 is 69.5 Å². The van der Waals surface area contributed by atoms with Gasteiger partial charge in [0.05, 0.1) is 23.4 Å². The predicted octanol–water partition coefficient (Wildman–Crippen LogP) is 8.18. The van der Waals surface area contributed by atoms with E-state index in [4.69, 9.17) is 13.6 Å². The first-order chi connectivity index (χ1) is 33.0. The number of benzene rings is 2. The van der Waals surface area contributed by atoms with Crippen molar-refractivity contribution in [2.45, 2.75) is 128 Å². The monoisotopic (exact) mass is 1020 g/mol. The summed E-state index contributed by atoms with van der Waals surface area (Å²) in [5.41, 5.74) is 0.381. The predicted molar refractivity (Wildman–Crippen MR) is 266 cm³/mol. The molecule has 7 rings (SSSR count). The maximum Gasteiger partial charge on any atom is 0.351 e. The number of nitrogens with one attached hydrogen (secondary N) is 1. The van der Waals surface area contributed by atoms with Crippen LogP contribution in [0.1, 0.15) is 89.0 Å². The number of carbonyl (C=O) groups excluding carboxylic acids is 1. The van der Waals surface area contributed by atoms with Crippen molar-refractivity contribution in [3.8, 4) is 34.6 Å². The van der Waals surface area contributed by atoms with Crippen LogP contribution in [0.3, 0.4) is 0 Å². The Hall–Kier alpha value is -5.73. The molecular formula is C48H65F3N10O8Si2. The van der Waals surface area contributed by atoms with Gasteiger partial charge in [0.25, 0.3) is 5.91 Å². The Kier molecular flexibility index (Phi) is 14.7. The third-order valence-corrected chi connectivity index (χ3v) is 23.2. The maximum atomic E-state index is 16.6. The van der Waals surface area contributed by atoms with Gasteiger partial charge in [0, 0.05) is 62.9 Å². The number of ether oxygens (including phenoxy) is 1. The zero-order valence-corrected chi connectivity index (χ0v) is 44.3. The Bertz CT molecular complexity index is 2810. The highest BCUT2D eigenvalue weighted by molar-refractivity contribution is 6.74. The standard InChI is InChI=1S/C48H65F3N10O8Si2/c1-28(2)32-22-33(36(63)23-35(32)62)40-56-57-45(66)61(40)31-14-13-29(34(49)21-31)26-58-17-19-59(20-18-58)43-52-24-30(25-53-43)41(64)54-38-15-16-60(44(65)55-38)42-48(50,51)39(69-71(11,12)47(6,7)8)37(68-42)27-67-70(9,10)46(3,4)5/h13-16,21-25,28,37,39,42,62-63H,17-20,26-27H2,1-12H3,(H,57,66)(H,54,55,64,65)/t37-,39?,42-/m1/s1. The topological polar surface area (TPSA) is 215 Å². The molecule has 2 aliphatic heterocycles. The third kappa shape index (κ3) is 11.0. The molecule has 0 radical (unpaired) electrons. The number of amides is 1. The molecule has 1 unspecified atom stereocenters. The van der Waals surface area contributed by atoms with Gasteiger partial charge in [-0.05, 0) is 72.0 Å². The zero-order valence-electron chi connectivity index (χ0n) is 42.3. The Morgan fingerprint density at radius 3 is 2.15 bits per heavy atom. The first-order valence-electron chi connectivity index (χ1n) is 23.5. The fourth-order valence-corrected chi connectivity index (χ4v) is 10.1. The fraction of sp³-hybridized carbons (Fsp3) is 0.521. The quantitative estimate of drug-likeness (QED) is 0.0772. The second-order valence-electron chi connectivity index (χ2n) is 21.6. The smallest absolute Gasteiger partial charge is 0.351 e. The van der Waals surface area contributed by atoms with Crippen LogP contribution in [0.15, 0.2) is 59.8 Å². The molecule has 5 heterocycles. The van der Waals surface area contributed by atoms with Gasteiger partial charge in [-0.3, -0.25) is 14.3 Å². The normalized spacial score (nSPS) is 19.2. The number of aromatic nitrogens is 7. The van der Waals surface area contributed by atoms with Gasteiger partial charge in [-0.15, -0.1) is 5.10 Å². The number of phenols is 2. The molecule has 0 spiro atoms. The number of aromatic hydroxyl groups is 3. The number of rotatable bonds is 14. The van der Waals surface area contributed by atoms with Crippen molar-refractivity contribution in [3.05, 3.63) is 88.0 Å². The highest BCUT2D eigenvalue weighted by atomic mass is 28.4. The van der Waals surface area contributed by atoms with Gasteiger partial charge >= 0.3 is 17.6 Å². The van der Waals surface area contributed by atoms with E-state index in [0.29, 0.717) is 47.8 Å². The average molecular weight is 1020 g/mol. The number of halogens is 3. The molecule has 2 aromatic carbocycles. The van der Waals surface area contributed by atoms with Crippen LogP contribution in [0.25, 0.3) is 17.1 Å². The number of hydrogen-bond acceptors (Lipinski definition) is 15. The zero-order chi connectivity index (χ0) is 52.2. The van der Waals surface area contributed by atoms with Crippen molar-refractivity contribution < 1.29 is 46.9 Å². The molecule has 5 aromatic rings. The number of carbonyl (C=O) groups is 1. The second-order valence-corrected chi connectivity index (χ2v) is 31.1. The summed E-state index contributed by atoms with van der Waals surface area (Å²) >= 11 is 0. The molecule has 2 fully saturated rings. The van der Waals surface area contributed by atoms with Crippen LogP contribution in [-0.4, -0.2) is 128 Å². The molecule has 18 nitrogen and oxygen atoms in total. The number of piperazine rings is 1. The van der Waals surface area contributed by atoms with E-state index in [1.165, 1.54) is 35.2 Å². The molecule has 2 aliphatic rings. The van der Waals surface area contributed by atoms with Crippen LogP contribution >= 0.6 is 0 Å². The first-order valence-corrected chi connectivity index (χ1v) is 29.3. The van der Waals surface area contributed by atoms with Gasteiger partial charge in [0.15, 0.2) is 22.5 Å². The van der Waals surface area contributed by atoms with Crippen molar-refractivity contribution in [3.63, 3.8) is 0 Å². The molecule has 4 N–H and O–H groups in total. The van der Waals surface area contributed by atoms with Crippen molar-refractivity contribution in [2.75, 3.05) is 43.0 Å². The Balaban J connectivity index is 0.964. The molecule has 1 amide bonds. The average Bonchev–Trinajstić information content (AvgIpc) is 3.77. The van der Waals surface area contributed by atoms with Gasteiger partial charge in [0.2, 0.25) is 12.2 Å². The van der Waals surface area contributed by atoms with Crippen molar-refractivity contribution in [1.82, 2.24) is 39.2 Å². The van der Waals surface area contributed by atoms with Gasteiger partial charge in [-0.2, -0.15) is 13.8 Å². The van der Waals surface area contributed by atoms with E-state index in [2.05, 4.69) is 35.4 Å². The van der Waals surface area contributed by atoms with Crippen molar-refractivity contribution in [2.24, 2.45) is 0 Å². The van der Waals surface area contributed by atoms with Crippen molar-refractivity contribution >= 4 is 34.3 Å². The number of hydrogen-bond donors (Lipinski definition) is 4. The first kappa shape index (κ1) is 53.1. The van der Waals surface area contributed by atoms with E-state index in [9.17, 15) is 24.9 Å². The molecule has 23 heteroatoms. The highest BCUT2D eigenvalue weighted by Gasteiger charge is 2.63. The summed E-state index contributed by atoms with van der Waals surface area (Å²) in [6.45, 7) is 25.8. The summed E-state index contributed by atoms with van der Waals surface area (Å²) in [5.74, 6) is -5.07. The number of anilines is 2. The number of alkyl halides is 2. The van der Waals surface area contributed by atoms with Crippen LogP contribution in [0, 0.1) is 5.82 Å². The summed E-state index contributed by atoms with van der Waals surface area (Å²) in [4.78, 5) is 43.4. The fourth-order valence-electron chi connectivity index (χ4n) is 7.77. The SMILES string of the molecule is CC(C)c1cc(-c2nnc(O)n2-c2ccc(CN3CCN(c4ncc(C(=O)Nc5ccn([C@@H]6O[C@H](CO[Si](C)(C)C(C)(C)C)C(O[Si](C)(C)C(C)(C)C)C6(F)F)c(=O)n5)cn4)CC3)c(F)c2)c(O)cc1O. The molecule has 0 aliphatic carbocycles. The summed E-state index contributed by atoms with van der Waals surface area (Å²) in [5, 5.41) is 41.3. The lowest BCUT2D eigenvalue weighted by molar-refractivity contribution is -0.138. The van der Waals surface area contributed by atoms with Crippen LogP contribution < -0.4 is 15.9 Å². The van der Waals surface area contributed by atoms with E-state index in [0.717, 1.165) is 6.20 Å². The van der Waals surface area contributed by atoms with Crippen LogP contribution in [-0.2, 0) is 20.1 Å². The lowest BCUT2D eigenvalue weighted by atomic mass is 9.98. The molecule has 0 bridgehead atoms. The second kappa shape index (κ2) is 19.7. The minimum Gasteiger partial charge on any atom is -0.508 e. The number of nitrogens with zero attached hydrogens (tertiary/aromatic N) is 9. The van der Waals surface area contributed by atoms with Gasteiger partial charge in [-0.1, -0.05) is 66.6 Å². The van der Waals surface area contributed by atoms with E-state index in [-0.39, 0.29) is 64.1 Å². The summed E-state index contributed by atoms with van der Waals surface area (Å²) in [7, 11) is -5.16. The van der Waals surface area contributed by atoms with Gasteiger partial charge < -0.3 is 39.1 Å². The van der Waals surface area contributed by atoms with E-state index in [1.807, 2.05) is 86.5 Å². The molecule has 2 saturated heterocycles. The maximum absolute atomic E-state index is 16.6. The van der Waals surface area contributed by atoms with Gasteiger partial charge in [0.1, 0.15) is 35.3 Å². The summed E-state index contributed by atoms with van der Waals surface area (Å²) in [6.07, 6.45) is -1.15. The molecular weight excluding hydrogens is 958 g/mol. The molecule has 3 aromatic heterocycles. The molecule has 0 saturated carbocycles. The number of phenolic OH excluding ortho intramolecular Hbond substituents is 2. The minimum atomic E-state index is -3.65. The Labute approximate surface area is 413 Å². The molecule has 384 valence electrons. The van der Waals surface area contributed by atoms with Crippen LogP contribution in [0.4, 0.5) is 24.9 Å². The summed E-state index contributed by atoms with van der Waals surface area (Å²) in [6, 6.07) is 7.96. The van der Waals surface area contributed by atoms with E-state index >= 15 is 13.2 Å². The molecule has 3 atom stereocenters. The van der Waals surface area contributed by atoms with Crippen LogP contribution in [0.5, 0.6) is 17.5 Å². The van der Waals surface area contributed by atoms with Gasteiger partial charge in [-0.25, -0.2) is 23.7 Å². The summed E-state index contributed by atoms with van der Waals surface area (Å²) < 4.78 is 69.4. The molecule has 71 heavy (non-hydrogen) atoms. The third-order valence-electron chi connectivity index (χ3n) is 14.2. The highest BCUT2D eigenvalue weighted by Crippen LogP contribution is 2.49. The largest absolute Gasteiger partial charge is 0.508 e. The Morgan fingerprint density at radius 1 is 0.915 bits per heavy atom. The lowest BCUT2D eigenvalue weighted by Gasteiger charge is -2.41. The lowest BCUT2D eigenvalue weighted by Crippen LogP contribution is -2.53.